The summed E-state index contributed by atoms with van der Waals surface area (Å²) in [6.07, 6.45) is 4.53. The normalized spacial score (nSPS) is 16.7. The van der Waals surface area contributed by atoms with E-state index in [0.29, 0.717) is 0 Å². The zero-order valence-electron chi connectivity index (χ0n) is 11.3. The van der Waals surface area contributed by atoms with Gasteiger partial charge in [0.15, 0.2) is 0 Å². The number of nitrogens with zero attached hydrogens (tertiary/aromatic N) is 3. The molecule has 4 nitrogen and oxygen atoms in total. The van der Waals surface area contributed by atoms with Gasteiger partial charge in [0.1, 0.15) is 5.69 Å². The zero-order chi connectivity index (χ0) is 13.1. The lowest BCUT2D eigenvalue weighted by atomic mass is 9.98. The fourth-order valence-corrected chi connectivity index (χ4v) is 2.57. The van der Waals surface area contributed by atoms with Crippen LogP contribution in [-0.2, 0) is 6.54 Å². The molecule has 1 N–H and O–H groups in total. The molecule has 4 heteroatoms. The molecule has 100 valence electrons. The van der Waals surface area contributed by atoms with Crippen molar-refractivity contribution in [1.29, 1.82) is 0 Å². The van der Waals surface area contributed by atoms with Crippen LogP contribution in [0.1, 0.15) is 18.4 Å². The van der Waals surface area contributed by atoms with Crippen LogP contribution in [0.25, 0.3) is 11.3 Å². The van der Waals surface area contributed by atoms with E-state index in [4.69, 9.17) is 0 Å². The van der Waals surface area contributed by atoms with Crippen molar-refractivity contribution >= 4 is 0 Å². The minimum atomic E-state index is 0.730. The molecule has 0 spiro atoms. The Labute approximate surface area is 113 Å². The Morgan fingerprint density at radius 1 is 1.21 bits per heavy atom. The van der Waals surface area contributed by atoms with Gasteiger partial charge in [0, 0.05) is 12.1 Å². The Balaban J connectivity index is 1.70. The standard InChI is InChI=1S/C15H20N4/c1-12-2-4-14(5-3-12)15-11-19(18-17-15)10-13-6-8-16-9-7-13/h2-5,11,13,16H,6-10H2,1H3. The van der Waals surface area contributed by atoms with Crippen LogP contribution >= 0.6 is 0 Å². The number of benzene rings is 1. The van der Waals surface area contributed by atoms with Crippen molar-refractivity contribution in [3.8, 4) is 11.3 Å². The highest BCUT2D eigenvalue weighted by atomic mass is 15.4. The largest absolute Gasteiger partial charge is 0.317 e. The number of rotatable bonds is 3. The van der Waals surface area contributed by atoms with Gasteiger partial charge in [0.25, 0.3) is 0 Å². The molecule has 0 saturated carbocycles. The molecule has 1 saturated heterocycles. The lowest BCUT2D eigenvalue weighted by Crippen LogP contribution is -2.30. The highest BCUT2D eigenvalue weighted by Gasteiger charge is 2.14. The fraction of sp³-hybridized carbons (Fsp3) is 0.467. The van der Waals surface area contributed by atoms with Crippen LogP contribution in [0.4, 0.5) is 0 Å². The van der Waals surface area contributed by atoms with Crippen molar-refractivity contribution in [1.82, 2.24) is 20.3 Å². The molecule has 0 bridgehead atoms. The summed E-state index contributed by atoms with van der Waals surface area (Å²) in [5, 5.41) is 11.9. The van der Waals surface area contributed by atoms with Crippen LogP contribution in [0.5, 0.6) is 0 Å². The van der Waals surface area contributed by atoms with Crippen molar-refractivity contribution in [2.75, 3.05) is 13.1 Å². The Morgan fingerprint density at radius 2 is 1.95 bits per heavy atom. The van der Waals surface area contributed by atoms with E-state index < -0.39 is 0 Å². The number of hydrogen-bond donors (Lipinski definition) is 1. The van der Waals surface area contributed by atoms with Crippen LogP contribution in [0.15, 0.2) is 30.5 Å². The summed E-state index contributed by atoms with van der Waals surface area (Å²) in [5.41, 5.74) is 3.38. The van der Waals surface area contributed by atoms with Crippen LogP contribution in [0.2, 0.25) is 0 Å². The molecule has 1 aliphatic rings. The molecular formula is C15H20N4. The second kappa shape index (κ2) is 5.53. The molecule has 1 aliphatic heterocycles. The van der Waals surface area contributed by atoms with E-state index in [2.05, 4.69) is 53.0 Å². The van der Waals surface area contributed by atoms with Crippen molar-refractivity contribution < 1.29 is 0 Å². The first-order valence-corrected chi connectivity index (χ1v) is 6.99. The summed E-state index contributed by atoms with van der Waals surface area (Å²) >= 11 is 0. The lowest BCUT2D eigenvalue weighted by Gasteiger charge is -2.21. The van der Waals surface area contributed by atoms with Gasteiger partial charge in [0.2, 0.25) is 0 Å². The average molecular weight is 256 g/mol. The summed E-state index contributed by atoms with van der Waals surface area (Å²) < 4.78 is 1.99. The molecule has 0 radical (unpaired) electrons. The Hall–Kier alpha value is -1.68. The second-order valence-electron chi connectivity index (χ2n) is 5.39. The third-order valence-electron chi connectivity index (χ3n) is 3.79. The van der Waals surface area contributed by atoms with E-state index in [-0.39, 0.29) is 0 Å². The molecule has 1 fully saturated rings. The summed E-state index contributed by atoms with van der Waals surface area (Å²) in [6, 6.07) is 8.44. The Bertz CT molecular complexity index is 523. The first kappa shape index (κ1) is 12.4. The smallest absolute Gasteiger partial charge is 0.113 e. The number of aromatic nitrogens is 3. The van der Waals surface area contributed by atoms with Crippen molar-refractivity contribution in [3.63, 3.8) is 0 Å². The van der Waals surface area contributed by atoms with Crippen molar-refractivity contribution in [2.45, 2.75) is 26.3 Å². The van der Waals surface area contributed by atoms with Gasteiger partial charge in [0.05, 0.1) is 6.20 Å². The highest BCUT2D eigenvalue weighted by Crippen LogP contribution is 2.18. The van der Waals surface area contributed by atoms with Gasteiger partial charge >= 0.3 is 0 Å². The molecule has 1 aromatic heterocycles. The predicted octanol–water partition coefficient (Wildman–Crippen LogP) is 2.25. The van der Waals surface area contributed by atoms with E-state index in [1.807, 2.05) is 4.68 Å². The maximum Gasteiger partial charge on any atom is 0.113 e. The number of nitrogens with one attached hydrogen (secondary N) is 1. The van der Waals surface area contributed by atoms with E-state index in [1.54, 1.807) is 0 Å². The predicted molar refractivity (Wildman–Crippen MR) is 75.8 cm³/mol. The molecule has 19 heavy (non-hydrogen) atoms. The van der Waals surface area contributed by atoms with Crippen LogP contribution in [0, 0.1) is 12.8 Å². The third kappa shape index (κ3) is 3.01. The molecule has 3 rings (SSSR count). The summed E-state index contributed by atoms with van der Waals surface area (Å²) in [5.74, 6) is 0.730. The van der Waals surface area contributed by atoms with E-state index in [1.165, 1.54) is 18.4 Å². The van der Waals surface area contributed by atoms with E-state index in [9.17, 15) is 0 Å². The maximum atomic E-state index is 4.28. The molecule has 0 unspecified atom stereocenters. The highest BCUT2D eigenvalue weighted by molar-refractivity contribution is 5.57. The number of hydrogen-bond acceptors (Lipinski definition) is 3. The molecule has 1 aromatic carbocycles. The van der Waals surface area contributed by atoms with Gasteiger partial charge in [-0.05, 0) is 38.8 Å². The van der Waals surface area contributed by atoms with Gasteiger partial charge < -0.3 is 5.32 Å². The summed E-state index contributed by atoms with van der Waals surface area (Å²) in [4.78, 5) is 0. The molecule has 2 aromatic rings. The van der Waals surface area contributed by atoms with Gasteiger partial charge in [-0.3, -0.25) is 4.68 Å². The molecule has 0 amide bonds. The maximum absolute atomic E-state index is 4.28. The monoisotopic (exact) mass is 256 g/mol. The first-order chi connectivity index (χ1) is 9.31. The molecule has 0 atom stereocenters. The number of piperidine rings is 1. The first-order valence-electron chi connectivity index (χ1n) is 6.99. The van der Waals surface area contributed by atoms with Crippen LogP contribution in [0.3, 0.4) is 0 Å². The second-order valence-corrected chi connectivity index (χ2v) is 5.39. The van der Waals surface area contributed by atoms with Crippen molar-refractivity contribution in [3.05, 3.63) is 36.0 Å². The van der Waals surface area contributed by atoms with Gasteiger partial charge in [-0.15, -0.1) is 5.10 Å². The van der Waals surface area contributed by atoms with Gasteiger partial charge in [-0.2, -0.15) is 0 Å². The lowest BCUT2D eigenvalue weighted by molar-refractivity contribution is 0.318. The van der Waals surface area contributed by atoms with E-state index in [0.717, 1.165) is 36.8 Å². The minimum Gasteiger partial charge on any atom is -0.317 e. The Morgan fingerprint density at radius 3 is 2.68 bits per heavy atom. The van der Waals surface area contributed by atoms with Crippen molar-refractivity contribution in [2.24, 2.45) is 5.92 Å². The average Bonchev–Trinajstić information content (AvgIpc) is 2.89. The van der Waals surface area contributed by atoms with E-state index >= 15 is 0 Å². The minimum absolute atomic E-state index is 0.730. The van der Waals surface area contributed by atoms with Gasteiger partial charge in [-0.1, -0.05) is 35.0 Å². The summed E-state index contributed by atoms with van der Waals surface area (Å²) in [6.45, 7) is 5.34. The van der Waals surface area contributed by atoms with Gasteiger partial charge in [-0.25, -0.2) is 0 Å². The number of aryl methyl sites for hydroxylation is 1. The quantitative estimate of drug-likeness (QED) is 0.916. The summed E-state index contributed by atoms with van der Waals surface area (Å²) in [7, 11) is 0. The molecule has 0 aliphatic carbocycles. The molecule has 2 heterocycles. The molecular weight excluding hydrogens is 236 g/mol. The van der Waals surface area contributed by atoms with Crippen LogP contribution in [-0.4, -0.2) is 28.1 Å². The Kier molecular flexibility index (Phi) is 3.60. The SMILES string of the molecule is Cc1ccc(-c2cn(CC3CCNCC3)nn2)cc1. The zero-order valence-corrected chi connectivity index (χ0v) is 11.3. The fourth-order valence-electron chi connectivity index (χ4n) is 2.57. The van der Waals surface area contributed by atoms with Crippen LogP contribution < -0.4 is 5.32 Å². The topological polar surface area (TPSA) is 42.7 Å². The third-order valence-corrected chi connectivity index (χ3v) is 3.79.